The second kappa shape index (κ2) is 8.17. The van der Waals surface area contributed by atoms with Crippen molar-refractivity contribution < 1.29 is 9.53 Å². The topological polar surface area (TPSA) is 75.7 Å². The Hall–Kier alpha value is -2.63. The van der Waals surface area contributed by atoms with Gasteiger partial charge in [-0.05, 0) is 31.7 Å². The zero-order valence-corrected chi connectivity index (χ0v) is 15.0. The highest BCUT2D eigenvalue weighted by atomic mass is 16.5. The van der Waals surface area contributed by atoms with E-state index in [1.165, 1.54) is 5.56 Å². The van der Waals surface area contributed by atoms with E-state index in [4.69, 9.17) is 4.74 Å². The molecule has 3 rings (SSSR count). The van der Waals surface area contributed by atoms with E-state index < -0.39 is 10.9 Å². The third-order valence-corrected chi connectivity index (χ3v) is 4.80. The van der Waals surface area contributed by atoms with Crippen LogP contribution < -0.4 is 21.1 Å². The van der Waals surface area contributed by atoms with Gasteiger partial charge in [0, 0.05) is 19.6 Å². The molecule has 1 atom stereocenters. The van der Waals surface area contributed by atoms with Crippen LogP contribution >= 0.6 is 0 Å². The molecule has 0 bridgehead atoms. The monoisotopic (exact) mass is 356 g/mol. The van der Waals surface area contributed by atoms with Crippen molar-refractivity contribution in [1.29, 1.82) is 0 Å². The van der Waals surface area contributed by atoms with E-state index in [2.05, 4.69) is 5.32 Å². The summed E-state index contributed by atoms with van der Waals surface area (Å²) in [6.45, 7) is 3.81. The van der Waals surface area contributed by atoms with Crippen LogP contribution in [0.4, 0.5) is 11.4 Å². The number of carbonyl (C=O) groups is 1. The zero-order chi connectivity index (χ0) is 18.5. The quantitative estimate of drug-likeness (QED) is 0.601. The first kappa shape index (κ1) is 18.2. The molecule has 1 fully saturated rings. The number of hydrogen-bond donors (Lipinski definition) is 1. The number of benzene rings is 1. The van der Waals surface area contributed by atoms with E-state index in [1.807, 2.05) is 35.2 Å². The Morgan fingerprint density at radius 2 is 2.00 bits per heavy atom. The van der Waals surface area contributed by atoms with Crippen LogP contribution in [-0.2, 0) is 16.0 Å². The van der Waals surface area contributed by atoms with Crippen LogP contribution in [0.5, 0.6) is 0 Å². The molecule has 0 aromatic heterocycles. The molecule has 0 aliphatic carbocycles. The molecule has 1 aliphatic rings. The van der Waals surface area contributed by atoms with Gasteiger partial charge in [0.1, 0.15) is 11.4 Å². The molecule has 6 nitrogen and oxygen atoms in total. The molecule has 1 N–H and O–H groups in total. The molecule has 0 unspecified atom stereocenters. The molecule has 1 heterocycles. The van der Waals surface area contributed by atoms with E-state index in [9.17, 15) is 14.4 Å². The Morgan fingerprint density at radius 3 is 2.73 bits per heavy atom. The van der Waals surface area contributed by atoms with Gasteiger partial charge in [0.15, 0.2) is 0 Å². The summed E-state index contributed by atoms with van der Waals surface area (Å²) in [7, 11) is 0. The number of nitrogens with one attached hydrogen (secondary N) is 1. The average Bonchev–Trinajstić information content (AvgIpc) is 2.68. The first-order chi connectivity index (χ1) is 12.6. The van der Waals surface area contributed by atoms with E-state index in [-0.39, 0.29) is 11.9 Å². The highest BCUT2D eigenvalue weighted by Crippen LogP contribution is 2.27. The average molecular weight is 356 g/mol. The van der Waals surface area contributed by atoms with E-state index in [1.54, 1.807) is 6.92 Å². The lowest BCUT2D eigenvalue weighted by Gasteiger charge is -2.34. The number of anilines is 2. The zero-order valence-electron chi connectivity index (χ0n) is 15.0. The van der Waals surface area contributed by atoms with Gasteiger partial charge >= 0.3 is 5.97 Å². The number of rotatable bonds is 7. The molecule has 0 spiro atoms. The van der Waals surface area contributed by atoms with Crippen LogP contribution in [0.25, 0.3) is 0 Å². The van der Waals surface area contributed by atoms with Crippen LogP contribution in [0.3, 0.4) is 0 Å². The summed E-state index contributed by atoms with van der Waals surface area (Å²) < 4.78 is 5.10. The largest absolute Gasteiger partial charge is 0.466 e. The van der Waals surface area contributed by atoms with Crippen LogP contribution in [0.2, 0.25) is 0 Å². The lowest BCUT2D eigenvalue weighted by molar-refractivity contribution is -0.148. The number of piperidine rings is 1. The van der Waals surface area contributed by atoms with Crippen LogP contribution in [0, 0.1) is 5.92 Å². The van der Waals surface area contributed by atoms with E-state index >= 15 is 0 Å². The number of carbonyl (C=O) groups excluding carboxylic acids is 1. The van der Waals surface area contributed by atoms with Crippen molar-refractivity contribution in [3.05, 3.63) is 56.3 Å². The molecule has 0 saturated carbocycles. The molecular formula is C20H24N2O4. The fourth-order valence-corrected chi connectivity index (χ4v) is 3.45. The Kier molecular flexibility index (Phi) is 5.71. The lowest BCUT2D eigenvalue weighted by atomic mass is 9.96. The van der Waals surface area contributed by atoms with Gasteiger partial charge in [-0.2, -0.15) is 0 Å². The number of hydrogen-bond acceptors (Lipinski definition) is 6. The first-order valence-electron chi connectivity index (χ1n) is 9.14. The molecule has 26 heavy (non-hydrogen) atoms. The van der Waals surface area contributed by atoms with Crippen molar-refractivity contribution in [2.45, 2.75) is 26.2 Å². The first-order valence-corrected chi connectivity index (χ1v) is 9.14. The minimum Gasteiger partial charge on any atom is -0.466 e. The number of esters is 1. The molecule has 1 aliphatic heterocycles. The van der Waals surface area contributed by atoms with Crippen LogP contribution in [0.1, 0.15) is 25.3 Å². The Morgan fingerprint density at radius 1 is 1.23 bits per heavy atom. The van der Waals surface area contributed by atoms with Crippen LogP contribution in [0.15, 0.2) is 39.9 Å². The molecule has 2 aromatic rings. The summed E-state index contributed by atoms with van der Waals surface area (Å²) in [5.41, 5.74) is 1.05. The highest BCUT2D eigenvalue weighted by Gasteiger charge is 2.32. The molecule has 138 valence electrons. The van der Waals surface area contributed by atoms with Gasteiger partial charge in [0.05, 0.1) is 12.5 Å². The highest BCUT2D eigenvalue weighted by molar-refractivity contribution is 5.78. The van der Waals surface area contributed by atoms with Gasteiger partial charge in [0.25, 0.3) is 10.9 Å². The second-order valence-corrected chi connectivity index (χ2v) is 6.58. The summed E-state index contributed by atoms with van der Waals surface area (Å²) in [5, 5.41) is 3.12. The standard InChI is InChI=1S/C20H24N2O4/c1-2-26-20(25)15-9-6-12-22(13-15)17-16(18(23)19(17)24)21-11-10-14-7-4-3-5-8-14/h3-5,7-8,15,21H,2,6,9-13H2,1H3/t15-/m0/s1. The van der Waals surface area contributed by atoms with Crippen molar-refractivity contribution in [2.24, 2.45) is 5.92 Å². The normalized spacial score (nSPS) is 17.3. The van der Waals surface area contributed by atoms with Crippen molar-refractivity contribution in [3.8, 4) is 0 Å². The minimum atomic E-state index is -0.466. The lowest BCUT2D eigenvalue weighted by Crippen LogP contribution is -2.47. The Bertz CT molecular complexity index is 824. The summed E-state index contributed by atoms with van der Waals surface area (Å²) >= 11 is 0. The predicted molar refractivity (Wildman–Crippen MR) is 102 cm³/mol. The van der Waals surface area contributed by atoms with Gasteiger partial charge in [-0.25, -0.2) is 0 Å². The SMILES string of the molecule is CCOC(=O)[C@H]1CCCN(c2c(NCCc3ccccc3)c(=O)c2=O)C1. The van der Waals surface area contributed by atoms with Crippen molar-refractivity contribution >= 4 is 17.3 Å². The third kappa shape index (κ3) is 3.79. The summed E-state index contributed by atoms with van der Waals surface area (Å²) in [4.78, 5) is 37.9. The predicted octanol–water partition coefficient (Wildman–Crippen LogP) is 1.72. The van der Waals surface area contributed by atoms with Gasteiger partial charge in [-0.15, -0.1) is 0 Å². The second-order valence-electron chi connectivity index (χ2n) is 6.58. The summed E-state index contributed by atoms with van der Waals surface area (Å²) in [5.74, 6) is -0.472. The van der Waals surface area contributed by atoms with Crippen molar-refractivity contribution in [1.82, 2.24) is 0 Å². The van der Waals surface area contributed by atoms with Gasteiger partial charge < -0.3 is 15.0 Å². The summed E-state index contributed by atoms with van der Waals surface area (Å²) in [6, 6.07) is 9.96. The Labute approximate surface area is 152 Å². The van der Waals surface area contributed by atoms with Gasteiger partial charge in [-0.1, -0.05) is 30.3 Å². The Balaban J connectivity index is 1.65. The maximum Gasteiger partial charge on any atom is 0.310 e. The third-order valence-electron chi connectivity index (χ3n) is 4.80. The maximum absolute atomic E-state index is 12.1. The van der Waals surface area contributed by atoms with Crippen molar-refractivity contribution in [2.75, 3.05) is 36.5 Å². The maximum atomic E-state index is 12.1. The van der Waals surface area contributed by atoms with Gasteiger partial charge in [-0.3, -0.25) is 14.4 Å². The fourth-order valence-electron chi connectivity index (χ4n) is 3.45. The van der Waals surface area contributed by atoms with E-state index in [0.29, 0.717) is 37.6 Å². The minimum absolute atomic E-state index is 0.227. The van der Waals surface area contributed by atoms with E-state index in [0.717, 1.165) is 19.3 Å². The molecule has 0 radical (unpaired) electrons. The molecule has 2 aromatic carbocycles. The number of ether oxygens (including phenoxy) is 1. The van der Waals surface area contributed by atoms with Gasteiger partial charge in [0.2, 0.25) is 0 Å². The molecule has 0 amide bonds. The smallest absolute Gasteiger partial charge is 0.310 e. The molecule has 6 heteroatoms. The summed E-state index contributed by atoms with van der Waals surface area (Å²) in [6.07, 6.45) is 2.32. The fraction of sp³-hybridized carbons (Fsp3) is 0.450. The number of nitrogens with zero attached hydrogens (tertiary/aromatic N) is 1. The molecule has 1 saturated heterocycles. The van der Waals surface area contributed by atoms with Crippen LogP contribution in [-0.4, -0.2) is 32.2 Å². The molecular weight excluding hydrogens is 332 g/mol. The van der Waals surface area contributed by atoms with Crippen molar-refractivity contribution in [3.63, 3.8) is 0 Å².